The second kappa shape index (κ2) is 6.06. The summed E-state index contributed by atoms with van der Waals surface area (Å²) < 4.78 is 0. The van der Waals surface area contributed by atoms with Gasteiger partial charge in [-0.2, -0.15) is 0 Å². The van der Waals surface area contributed by atoms with E-state index in [1.54, 1.807) is 13.0 Å². The van der Waals surface area contributed by atoms with Crippen LogP contribution in [0.15, 0.2) is 18.2 Å². The fourth-order valence-electron chi connectivity index (χ4n) is 2.38. The Morgan fingerprint density at radius 3 is 2.63 bits per heavy atom. The number of carbonyl (C=O) groups is 2. The van der Waals surface area contributed by atoms with E-state index in [2.05, 4.69) is 10.2 Å². The summed E-state index contributed by atoms with van der Waals surface area (Å²) in [5, 5.41) is 3.43. The average molecular weight is 281 g/mol. The number of nitrogens with zero attached hydrogens (tertiary/aromatic N) is 1. The van der Waals surface area contributed by atoms with Gasteiger partial charge in [0, 0.05) is 37.3 Å². The lowest BCUT2D eigenvalue weighted by Gasteiger charge is -2.34. The Morgan fingerprint density at radius 1 is 1.42 bits per heavy atom. The molecule has 0 aromatic heterocycles. The van der Waals surface area contributed by atoms with E-state index in [1.165, 1.54) is 0 Å². The van der Waals surface area contributed by atoms with E-state index in [1.807, 2.05) is 12.1 Å². The van der Waals surface area contributed by atoms with Crippen LogP contribution in [0.2, 0.25) is 5.02 Å². The summed E-state index contributed by atoms with van der Waals surface area (Å²) in [7, 11) is 0. The van der Waals surface area contributed by atoms with Crippen molar-refractivity contribution in [3.8, 4) is 0 Å². The molecule has 1 N–H and O–H groups in total. The van der Waals surface area contributed by atoms with Crippen LogP contribution in [-0.4, -0.2) is 31.3 Å². The molecule has 0 saturated carbocycles. The second-order valence-corrected chi connectivity index (χ2v) is 5.19. The summed E-state index contributed by atoms with van der Waals surface area (Å²) in [6, 6.07) is 5.74. The molecule has 1 aliphatic heterocycles. The highest BCUT2D eigenvalue weighted by atomic mass is 35.5. The highest BCUT2D eigenvalue weighted by Gasteiger charge is 2.20. The molecule has 0 radical (unpaired) electrons. The maximum atomic E-state index is 11.0. The monoisotopic (exact) mass is 280 g/mol. The maximum absolute atomic E-state index is 11.0. The third-order valence-electron chi connectivity index (χ3n) is 3.38. The largest absolute Gasteiger partial charge is 0.371 e. The Bertz CT molecular complexity index is 482. The van der Waals surface area contributed by atoms with Crippen LogP contribution in [0.1, 0.15) is 30.1 Å². The van der Waals surface area contributed by atoms with Crippen molar-refractivity contribution in [3.05, 3.63) is 28.8 Å². The standard InChI is InChI=1S/C14H17ClN2O2/c1-10(19)16-12-4-6-17(7-5-12)13-3-2-11(9-18)14(15)8-13/h2-3,8-9,12H,4-7H2,1H3,(H,16,19). The molecule has 4 nitrogen and oxygen atoms in total. The van der Waals surface area contributed by atoms with E-state index in [-0.39, 0.29) is 11.9 Å². The molecule has 0 bridgehead atoms. The number of halogens is 1. The summed E-state index contributed by atoms with van der Waals surface area (Å²) >= 11 is 6.03. The molecule has 0 aliphatic carbocycles. The quantitative estimate of drug-likeness (QED) is 0.864. The van der Waals surface area contributed by atoms with Gasteiger partial charge in [0.1, 0.15) is 0 Å². The Hall–Kier alpha value is -1.55. The molecular weight excluding hydrogens is 264 g/mol. The second-order valence-electron chi connectivity index (χ2n) is 4.79. The molecule has 2 rings (SSSR count). The zero-order valence-electron chi connectivity index (χ0n) is 10.9. The van der Waals surface area contributed by atoms with E-state index >= 15 is 0 Å². The lowest BCUT2D eigenvalue weighted by Crippen LogP contribution is -2.44. The zero-order valence-corrected chi connectivity index (χ0v) is 11.6. The smallest absolute Gasteiger partial charge is 0.217 e. The Kier molecular flexibility index (Phi) is 4.43. The van der Waals surface area contributed by atoms with Crippen molar-refractivity contribution in [2.45, 2.75) is 25.8 Å². The minimum absolute atomic E-state index is 0.0248. The number of hydrogen-bond acceptors (Lipinski definition) is 3. The van der Waals surface area contributed by atoms with Gasteiger partial charge in [0.25, 0.3) is 0 Å². The van der Waals surface area contributed by atoms with E-state index in [4.69, 9.17) is 11.6 Å². The molecule has 1 fully saturated rings. The molecule has 1 heterocycles. The number of amides is 1. The van der Waals surface area contributed by atoms with Crippen molar-refractivity contribution in [1.29, 1.82) is 0 Å². The molecule has 1 saturated heterocycles. The van der Waals surface area contributed by atoms with Gasteiger partial charge in [0.05, 0.1) is 5.02 Å². The predicted molar refractivity (Wildman–Crippen MR) is 75.9 cm³/mol. The molecule has 1 amide bonds. The van der Waals surface area contributed by atoms with Crippen LogP contribution in [0.4, 0.5) is 5.69 Å². The third kappa shape index (κ3) is 3.47. The van der Waals surface area contributed by atoms with E-state index in [9.17, 15) is 9.59 Å². The number of carbonyl (C=O) groups excluding carboxylic acids is 2. The molecule has 0 unspecified atom stereocenters. The number of anilines is 1. The Morgan fingerprint density at radius 2 is 2.11 bits per heavy atom. The van der Waals surface area contributed by atoms with Crippen molar-refractivity contribution in [1.82, 2.24) is 5.32 Å². The van der Waals surface area contributed by atoms with E-state index in [0.29, 0.717) is 10.6 Å². The number of hydrogen-bond donors (Lipinski definition) is 1. The fraction of sp³-hybridized carbons (Fsp3) is 0.429. The Labute approximate surface area is 117 Å². The summed E-state index contributed by atoms with van der Waals surface area (Å²) in [4.78, 5) is 23.9. The van der Waals surface area contributed by atoms with Gasteiger partial charge in [0.2, 0.25) is 5.91 Å². The zero-order chi connectivity index (χ0) is 13.8. The summed E-state index contributed by atoms with van der Waals surface area (Å²) in [5.74, 6) is 0.0248. The fourth-order valence-corrected chi connectivity index (χ4v) is 2.60. The molecule has 1 aromatic rings. The van der Waals surface area contributed by atoms with Crippen LogP contribution in [0.5, 0.6) is 0 Å². The van der Waals surface area contributed by atoms with Crippen molar-refractivity contribution >= 4 is 29.5 Å². The topological polar surface area (TPSA) is 49.4 Å². The van der Waals surface area contributed by atoms with Crippen molar-refractivity contribution in [3.63, 3.8) is 0 Å². The molecule has 1 aliphatic rings. The van der Waals surface area contributed by atoms with Gasteiger partial charge >= 0.3 is 0 Å². The Balaban J connectivity index is 1.99. The first-order valence-corrected chi connectivity index (χ1v) is 6.74. The highest BCUT2D eigenvalue weighted by molar-refractivity contribution is 6.33. The summed E-state index contributed by atoms with van der Waals surface area (Å²) in [6.07, 6.45) is 2.61. The minimum atomic E-state index is 0.0248. The van der Waals surface area contributed by atoms with Gasteiger partial charge in [-0.25, -0.2) is 0 Å². The SMILES string of the molecule is CC(=O)NC1CCN(c2ccc(C=O)c(Cl)c2)CC1. The normalized spacial score (nSPS) is 16.2. The van der Waals surface area contributed by atoms with Crippen LogP contribution >= 0.6 is 11.6 Å². The molecule has 0 atom stereocenters. The van der Waals surface area contributed by atoms with Gasteiger partial charge < -0.3 is 10.2 Å². The average Bonchev–Trinajstić information content (AvgIpc) is 2.39. The molecule has 102 valence electrons. The summed E-state index contributed by atoms with van der Waals surface area (Å²) in [5.41, 5.74) is 1.54. The number of aldehydes is 1. The number of piperidine rings is 1. The highest BCUT2D eigenvalue weighted by Crippen LogP contribution is 2.25. The first-order chi connectivity index (χ1) is 9.10. The molecule has 0 spiro atoms. The van der Waals surface area contributed by atoms with Crippen molar-refractivity contribution in [2.24, 2.45) is 0 Å². The van der Waals surface area contributed by atoms with Crippen molar-refractivity contribution < 1.29 is 9.59 Å². The minimum Gasteiger partial charge on any atom is -0.371 e. The maximum Gasteiger partial charge on any atom is 0.217 e. The van der Waals surface area contributed by atoms with Crippen LogP contribution < -0.4 is 10.2 Å². The van der Waals surface area contributed by atoms with E-state index < -0.39 is 0 Å². The van der Waals surface area contributed by atoms with Crippen LogP contribution in [0.25, 0.3) is 0 Å². The molecule has 1 aromatic carbocycles. The number of rotatable bonds is 3. The number of nitrogens with one attached hydrogen (secondary N) is 1. The van der Waals surface area contributed by atoms with Crippen LogP contribution in [0, 0.1) is 0 Å². The predicted octanol–water partition coefficient (Wildman–Crippen LogP) is 2.26. The molecular formula is C14H17ClN2O2. The first-order valence-electron chi connectivity index (χ1n) is 6.37. The van der Waals surface area contributed by atoms with Gasteiger partial charge in [-0.15, -0.1) is 0 Å². The van der Waals surface area contributed by atoms with Gasteiger partial charge in [-0.3, -0.25) is 9.59 Å². The van der Waals surface area contributed by atoms with Gasteiger partial charge in [-0.1, -0.05) is 11.6 Å². The molecule has 5 heteroatoms. The van der Waals surface area contributed by atoms with Crippen LogP contribution in [0.3, 0.4) is 0 Å². The lowest BCUT2D eigenvalue weighted by molar-refractivity contribution is -0.119. The van der Waals surface area contributed by atoms with E-state index in [0.717, 1.165) is 37.9 Å². The lowest BCUT2D eigenvalue weighted by atomic mass is 10.0. The number of benzene rings is 1. The van der Waals surface area contributed by atoms with Gasteiger partial charge in [0.15, 0.2) is 6.29 Å². The molecule has 19 heavy (non-hydrogen) atoms. The van der Waals surface area contributed by atoms with Gasteiger partial charge in [-0.05, 0) is 31.0 Å². The van der Waals surface area contributed by atoms with Crippen molar-refractivity contribution in [2.75, 3.05) is 18.0 Å². The third-order valence-corrected chi connectivity index (χ3v) is 3.71. The first kappa shape index (κ1) is 13.9. The van der Waals surface area contributed by atoms with Crippen LogP contribution in [-0.2, 0) is 4.79 Å². The summed E-state index contributed by atoms with van der Waals surface area (Å²) in [6.45, 7) is 3.30.